The quantitative estimate of drug-likeness (QED) is 0.806. The van der Waals surface area contributed by atoms with E-state index in [1.165, 1.54) is 12.1 Å². The van der Waals surface area contributed by atoms with Gasteiger partial charge in [-0.3, -0.25) is 9.11 Å². The molecule has 5 nitrogen and oxygen atoms in total. The van der Waals surface area contributed by atoms with Crippen LogP contribution in [0.4, 0.5) is 4.39 Å². The van der Waals surface area contributed by atoms with Crippen molar-refractivity contribution in [1.29, 1.82) is 0 Å². The molecule has 1 aromatic carbocycles. The molecule has 1 heterocycles. The number of halogens is 2. The summed E-state index contributed by atoms with van der Waals surface area (Å²) in [4.78, 5) is 2.06. The molecule has 0 spiro atoms. The normalized spacial score (nSPS) is 14.3. The van der Waals surface area contributed by atoms with Gasteiger partial charge in [0.2, 0.25) is 0 Å². The summed E-state index contributed by atoms with van der Waals surface area (Å²) >= 11 is 5.77. The molecule has 120 valence electrons. The van der Waals surface area contributed by atoms with Gasteiger partial charge >= 0.3 is 0 Å². The fourth-order valence-electron chi connectivity index (χ4n) is 2.00. The Morgan fingerprint density at radius 3 is 2.86 bits per heavy atom. The maximum atomic E-state index is 13.2. The molecule has 0 amide bonds. The molecule has 2 rings (SSSR count). The van der Waals surface area contributed by atoms with E-state index < -0.39 is 16.6 Å². The van der Waals surface area contributed by atoms with E-state index in [-0.39, 0.29) is 11.1 Å². The second-order valence-corrected chi connectivity index (χ2v) is 7.14. The summed E-state index contributed by atoms with van der Waals surface area (Å²) in [6.45, 7) is 2.61. The van der Waals surface area contributed by atoms with Gasteiger partial charge in [0.15, 0.2) is 0 Å². The zero-order valence-corrected chi connectivity index (χ0v) is 14.2. The summed E-state index contributed by atoms with van der Waals surface area (Å²) in [5, 5.41) is 8.18. The molecule has 1 aromatic heterocycles. The van der Waals surface area contributed by atoms with E-state index in [0.717, 1.165) is 5.69 Å². The maximum absolute atomic E-state index is 13.2. The molecule has 0 unspecified atom stereocenters. The smallest absolute Gasteiger partial charge is 0.141 e. The molecule has 0 aliphatic carbocycles. The van der Waals surface area contributed by atoms with E-state index in [1.54, 1.807) is 23.2 Å². The van der Waals surface area contributed by atoms with Crippen LogP contribution in [0.1, 0.15) is 12.6 Å². The van der Waals surface area contributed by atoms with Gasteiger partial charge in [0.25, 0.3) is 0 Å². The number of benzene rings is 1. The van der Waals surface area contributed by atoms with Crippen LogP contribution in [0.2, 0.25) is 5.02 Å². The van der Waals surface area contributed by atoms with Gasteiger partial charge in [0, 0.05) is 35.4 Å². The van der Waals surface area contributed by atoms with Crippen molar-refractivity contribution in [2.45, 2.75) is 19.5 Å². The molecule has 0 aliphatic heterocycles. The van der Waals surface area contributed by atoms with Gasteiger partial charge in [-0.05, 0) is 32.2 Å². The Morgan fingerprint density at radius 2 is 2.23 bits per heavy atom. The van der Waals surface area contributed by atoms with E-state index in [0.29, 0.717) is 18.0 Å². The monoisotopic (exact) mass is 344 g/mol. The van der Waals surface area contributed by atoms with Crippen molar-refractivity contribution in [2.75, 3.05) is 19.1 Å². The highest BCUT2D eigenvalue weighted by Gasteiger charge is 2.13. The third-order valence-corrected chi connectivity index (χ3v) is 4.59. The van der Waals surface area contributed by atoms with E-state index in [1.807, 2.05) is 14.0 Å². The summed E-state index contributed by atoms with van der Waals surface area (Å²) in [7, 11) is 1.11. The van der Waals surface area contributed by atoms with E-state index >= 15 is 0 Å². The Bertz CT molecular complexity index is 679. The first-order valence-corrected chi connectivity index (χ1v) is 8.84. The largest absolute Gasteiger partial charge is 0.297 e. The predicted octanol–water partition coefficient (Wildman–Crippen LogP) is 2.26. The Balaban J connectivity index is 2.08. The second-order valence-electron chi connectivity index (χ2n) is 5.26. The lowest BCUT2D eigenvalue weighted by atomic mass is 10.3. The number of aromatic nitrogens is 3. The minimum absolute atomic E-state index is 0.0470. The Hall–Kier alpha value is -1.31. The first-order chi connectivity index (χ1) is 10.4. The van der Waals surface area contributed by atoms with Crippen molar-refractivity contribution in [2.24, 2.45) is 0 Å². The molecule has 2 atom stereocenters. The van der Waals surface area contributed by atoms with Crippen LogP contribution < -0.4 is 0 Å². The molecule has 0 aliphatic rings. The maximum Gasteiger partial charge on any atom is 0.141 e. The van der Waals surface area contributed by atoms with Crippen molar-refractivity contribution in [3.05, 3.63) is 40.9 Å². The highest BCUT2D eigenvalue weighted by Crippen LogP contribution is 2.18. The Labute approximate surface area is 136 Å². The SMILES string of the molecule is C[C@@H](C[S@@](C)=O)N(C)Cc1cn(-c2ccc(F)c(Cl)c2)nn1. The Morgan fingerprint density at radius 1 is 1.50 bits per heavy atom. The minimum atomic E-state index is -0.837. The summed E-state index contributed by atoms with van der Waals surface area (Å²) in [5.74, 6) is 0.143. The standard InChI is InChI=1S/C14H18ClFN4OS/c1-10(9-22(3)21)19(2)7-11-8-20(18-17-11)12-4-5-14(16)13(15)6-12/h4-6,8,10H,7,9H2,1-3H3/t10-,22+/m0/s1. The van der Waals surface area contributed by atoms with Crippen molar-refractivity contribution in [3.63, 3.8) is 0 Å². The lowest BCUT2D eigenvalue weighted by Gasteiger charge is -2.22. The van der Waals surface area contributed by atoms with Crippen molar-refractivity contribution < 1.29 is 8.60 Å². The van der Waals surface area contributed by atoms with Crippen LogP contribution in [-0.2, 0) is 17.3 Å². The van der Waals surface area contributed by atoms with Gasteiger partial charge in [-0.1, -0.05) is 16.8 Å². The van der Waals surface area contributed by atoms with E-state index in [9.17, 15) is 8.60 Å². The number of hydrogen-bond acceptors (Lipinski definition) is 4. The summed E-state index contributed by atoms with van der Waals surface area (Å²) in [5.41, 5.74) is 1.42. The van der Waals surface area contributed by atoms with Gasteiger partial charge < -0.3 is 0 Å². The van der Waals surface area contributed by atoms with Gasteiger partial charge in [0.1, 0.15) is 5.82 Å². The van der Waals surface area contributed by atoms with Gasteiger partial charge in [0.05, 0.1) is 22.6 Å². The van der Waals surface area contributed by atoms with E-state index in [2.05, 4.69) is 15.2 Å². The minimum Gasteiger partial charge on any atom is -0.297 e. The topological polar surface area (TPSA) is 51.0 Å². The summed E-state index contributed by atoms with van der Waals surface area (Å²) in [6, 6.07) is 4.56. The van der Waals surface area contributed by atoms with Crippen molar-refractivity contribution >= 4 is 22.4 Å². The highest BCUT2D eigenvalue weighted by molar-refractivity contribution is 7.84. The second kappa shape index (κ2) is 7.30. The van der Waals surface area contributed by atoms with E-state index in [4.69, 9.17) is 11.6 Å². The molecule has 22 heavy (non-hydrogen) atoms. The predicted molar refractivity (Wildman–Crippen MR) is 86.2 cm³/mol. The third-order valence-electron chi connectivity index (χ3n) is 3.35. The lowest BCUT2D eigenvalue weighted by molar-refractivity contribution is 0.265. The average Bonchev–Trinajstić information content (AvgIpc) is 2.89. The van der Waals surface area contributed by atoms with Crippen LogP contribution in [0, 0.1) is 5.82 Å². The molecule has 8 heteroatoms. The highest BCUT2D eigenvalue weighted by atomic mass is 35.5. The molecule has 0 N–H and O–H groups in total. The summed E-state index contributed by atoms with van der Waals surface area (Å²) in [6.07, 6.45) is 3.47. The molecule has 0 bridgehead atoms. The molecule has 0 radical (unpaired) electrons. The first-order valence-electron chi connectivity index (χ1n) is 6.73. The fraction of sp³-hybridized carbons (Fsp3) is 0.429. The molecule has 0 saturated heterocycles. The number of nitrogens with zero attached hydrogens (tertiary/aromatic N) is 4. The number of rotatable bonds is 6. The molecular formula is C14H18ClFN4OS. The first kappa shape index (κ1) is 17.1. The summed E-state index contributed by atoms with van der Waals surface area (Å²) < 4.78 is 26.0. The van der Waals surface area contributed by atoms with Crippen LogP contribution in [0.15, 0.2) is 24.4 Å². The Kier molecular flexibility index (Phi) is 5.66. The zero-order chi connectivity index (χ0) is 16.3. The lowest BCUT2D eigenvalue weighted by Crippen LogP contribution is -2.33. The molecule has 2 aromatic rings. The third kappa shape index (κ3) is 4.34. The van der Waals surface area contributed by atoms with Gasteiger partial charge in [-0.15, -0.1) is 5.10 Å². The van der Waals surface area contributed by atoms with Crippen LogP contribution >= 0.6 is 11.6 Å². The van der Waals surface area contributed by atoms with Crippen LogP contribution in [0.3, 0.4) is 0 Å². The van der Waals surface area contributed by atoms with Crippen LogP contribution in [-0.4, -0.2) is 49.2 Å². The molecular weight excluding hydrogens is 327 g/mol. The number of hydrogen-bond donors (Lipinski definition) is 0. The van der Waals surface area contributed by atoms with Gasteiger partial charge in [-0.2, -0.15) is 0 Å². The van der Waals surface area contributed by atoms with Crippen LogP contribution in [0.5, 0.6) is 0 Å². The molecule has 0 fully saturated rings. The fourth-order valence-corrected chi connectivity index (χ4v) is 3.11. The molecule has 0 saturated carbocycles. The van der Waals surface area contributed by atoms with Crippen molar-refractivity contribution in [3.8, 4) is 5.69 Å². The average molecular weight is 345 g/mol. The zero-order valence-electron chi connectivity index (χ0n) is 12.7. The van der Waals surface area contributed by atoms with Gasteiger partial charge in [-0.25, -0.2) is 9.07 Å². The van der Waals surface area contributed by atoms with Crippen LogP contribution in [0.25, 0.3) is 5.69 Å². The van der Waals surface area contributed by atoms with Crippen molar-refractivity contribution in [1.82, 2.24) is 19.9 Å².